The van der Waals surface area contributed by atoms with E-state index in [0.717, 1.165) is 12.8 Å². The molecule has 1 amide bonds. The summed E-state index contributed by atoms with van der Waals surface area (Å²) in [5.74, 6) is -0.360. The molecular formula is C16H19Cl2NO3. The minimum absolute atomic E-state index is 0.327. The van der Waals surface area contributed by atoms with Gasteiger partial charge in [-0.05, 0) is 43.9 Å². The predicted molar refractivity (Wildman–Crippen MR) is 87.2 cm³/mol. The Labute approximate surface area is 140 Å². The van der Waals surface area contributed by atoms with E-state index in [-0.39, 0.29) is 5.97 Å². The Morgan fingerprint density at radius 1 is 1.32 bits per heavy atom. The van der Waals surface area contributed by atoms with Crippen LogP contribution in [0.25, 0.3) is 0 Å². The van der Waals surface area contributed by atoms with Crippen molar-refractivity contribution in [3.05, 3.63) is 28.2 Å². The Balaban J connectivity index is 1.85. The zero-order valence-corrected chi connectivity index (χ0v) is 13.9. The Morgan fingerprint density at radius 3 is 2.68 bits per heavy atom. The second-order valence-electron chi connectivity index (χ2n) is 5.60. The van der Waals surface area contributed by atoms with Crippen molar-refractivity contribution in [2.24, 2.45) is 5.92 Å². The molecule has 0 radical (unpaired) electrons. The molecule has 1 aromatic carbocycles. The maximum Gasteiger partial charge on any atom is 0.306 e. The van der Waals surface area contributed by atoms with Gasteiger partial charge in [0.15, 0.2) is 6.10 Å². The third kappa shape index (κ3) is 4.89. The number of esters is 1. The molecule has 1 fully saturated rings. The van der Waals surface area contributed by atoms with E-state index in [0.29, 0.717) is 28.1 Å². The quantitative estimate of drug-likeness (QED) is 0.803. The van der Waals surface area contributed by atoms with Crippen molar-refractivity contribution >= 4 is 40.8 Å². The number of carbonyl (C=O) groups is 2. The number of hydrogen-bond donors (Lipinski definition) is 1. The highest BCUT2D eigenvalue weighted by molar-refractivity contribution is 6.35. The normalized spacial score (nSPS) is 16.3. The van der Waals surface area contributed by atoms with Crippen LogP contribution in [0.3, 0.4) is 0 Å². The predicted octanol–water partition coefficient (Wildman–Crippen LogP) is 4.44. The summed E-state index contributed by atoms with van der Waals surface area (Å²) in [7, 11) is 0. The van der Waals surface area contributed by atoms with Gasteiger partial charge >= 0.3 is 5.97 Å². The van der Waals surface area contributed by atoms with Crippen molar-refractivity contribution in [2.45, 2.75) is 45.1 Å². The standard InChI is InChI=1S/C16H19Cl2NO3/c1-10(22-15(20)8-11-4-2-3-5-11)16(21)19-14-9-12(17)6-7-13(14)18/h6-7,9-11H,2-5,8H2,1H3,(H,19,21)/t10-/m0/s1. The van der Waals surface area contributed by atoms with Crippen LogP contribution in [0.4, 0.5) is 5.69 Å². The average molecular weight is 344 g/mol. The molecule has 2 rings (SSSR count). The SMILES string of the molecule is C[C@H](OC(=O)CC1CCCC1)C(=O)Nc1cc(Cl)ccc1Cl. The van der Waals surface area contributed by atoms with E-state index in [1.807, 2.05) is 0 Å². The number of nitrogens with one attached hydrogen (secondary N) is 1. The zero-order chi connectivity index (χ0) is 16.1. The first-order chi connectivity index (χ1) is 10.5. The summed E-state index contributed by atoms with van der Waals surface area (Å²) in [4.78, 5) is 23.9. The smallest absolute Gasteiger partial charge is 0.306 e. The minimum atomic E-state index is -0.871. The van der Waals surface area contributed by atoms with Gasteiger partial charge < -0.3 is 10.1 Å². The average Bonchev–Trinajstić information content (AvgIpc) is 2.95. The van der Waals surface area contributed by atoms with Crippen LogP contribution in [-0.2, 0) is 14.3 Å². The van der Waals surface area contributed by atoms with Gasteiger partial charge in [0.05, 0.1) is 10.7 Å². The molecule has 1 aliphatic rings. The van der Waals surface area contributed by atoms with E-state index in [4.69, 9.17) is 27.9 Å². The first kappa shape index (κ1) is 17.1. The molecule has 0 heterocycles. The van der Waals surface area contributed by atoms with E-state index >= 15 is 0 Å². The molecule has 4 nitrogen and oxygen atoms in total. The molecule has 0 bridgehead atoms. The molecule has 0 spiro atoms. The van der Waals surface area contributed by atoms with Crippen LogP contribution in [-0.4, -0.2) is 18.0 Å². The number of hydrogen-bond acceptors (Lipinski definition) is 3. The van der Waals surface area contributed by atoms with Crippen molar-refractivity contribution in [3.8, 4) is 0 Å². The Hall–Kier alpha value is -1.26. The van der Waals surface area contributed by atoms with Crippen molar-refractivity contribution < 1.29 is 14.3 Å². The van der Waals surface area contributed by atoms with Gasteiger partial charge in [-0.25, -0.2) is 0 Å². The van der Waals surface area contributed by atoms with Crippen LogP contribution >= 0.6 is 23.2 Å². The van der Waals surface area contributed by atoms with Crippen LogP contribution in [0.5, 0.6) is 0 Å². The van der Waals surface area contributed by atoms with E-state index in [1.165, 1.54) is 12.8 Å². The van der Waals surface area contributed by atoms with Crippen LogP contribution in [0.15, 0.2) is 18.2 Å². The summed E-state index contributed by atoms with van der Waals surface area (Å²) < 4.78 is 5.19. The number of amides is 1. The molecule has 1 saturated carbocycles. The molecule has 1 aromatic rings. The number of benzene rings is 1. The molecule has 120 valence electrons. The lowest BCUT2D eigenvalue weighted by molar-refractivity contribution is -0.154. The number of halogens is 2. The zero-order valence-electron chi connectivity index (χ0n) is 12.4. The third-order valence-electron chi connectivity index (χ3n) is 3.79. The molecule has 1 aliphatic carbocycles. The van der Waals surface area contributed by atoms with E-state index in [9.17, 15) is 9.59 Å². The first-order valence-corrected chi connectivity index (χ1v) is 8.16. The van der Waals surface area contributed by atoms with Crippen molar-refractivity contribution in [3.63, 3.8) is 0 Å². The maximum absolute atomic E-state index is 12.1. The van der Waals surface area contributed by atoms with Crippen LogP contribution < -0.4 is 5.32 Å². The fourth-order valence-corrected chi connectivity index (χ4v) is 2.91. The Morgan fingerprint density at radius 2 is 2.00 bits per heavy atom. The summed E-state index contributed by atoms with van der Waals surface area (Å²) in [5.41, 5.74) is 0.401. The fourth-order valence-electron chi connectivity index (χ4n) is 2.58. The van der Waals surface area contributed by atoms with Gasteiger partial charge in [-0.2, -0.15) is 0 Å². The van der Waals surface area contributed by atoms with E-state index in [1.54, 1.807) is 25.1 Å². The number of carbonyl (C=O) groups excluding carboxylic acids is 2. The molecule has 0 aromatic heterocycles. The maximum atomic E-state index is 12.1. The summed E-state index contributed by atoms with van der Waals surface area (Å²) in [6.45, 7) is 1.54. The summed E-state index contributed by atoms with van der Waals surface area (Å²) >= 11 is 11.8. The van der Waals surface area contributed by atoms with E-state index < -0.39 is 12.0 Å². The van der Waals surface area contributed by atoms with Crippen molar-refractivity contribution in [1.29, 1.82) is 0 Å². The van der Waals surface area contributed by atoms with Crippen molar-refractivity contribution in [2.75, 3.05) is 5.32 Å². The largest absolute Gasteiger partial charge is 0.453 e. The first-order valence-electron chi connectivity index (χ1n) is 7.41. The molecule has 1 atom stereocenters. The van der Waals surface area contributed by atoms with Gasteiger partial charge in [0.25, 0.3) is 5.91 Å². The Bertz CT molecular complexity index is 556. The summed E-state index contributed by atoms with van der Waals surface area (Å²) in [6, 6.07) is 4.77. The topological polar surface area (TPSA) is 55.4 Å². The molecule has 0 unspecified atom stereocenters. The van der Waals surface area contributed by atoms with Gasteiger partial charge in [-0.3, -0.25) is 9.59 Å². The van der Waals surface area contributed by atoms with Crippen LogP contribution in [0, 0.1) is 5.92 Å². The number of anilines is 1. The van der Waals surface area contributed by atoms with Crippen LogP contribution in [0.1, 0.15) is 39.0 Å². The molecule has 6 heteroatoms. The van der Waals surface area contributed by atoms with Gasteiger partial charge in [0.1, 0.15) is 0 Å². The third-order valence-corrected chi connectivity index (χ3v) is 4.36. The van der Waals surface area contributed by atoms with Crippen molar-refractivity contribution in [1.82, 2.24) is 0 Å². The highest BCUT2D eigenvalue weighted by atomic mass is 35.5. The molecule has 0 saturated heterocycles. The Kier molecular flexibility index (Phi) is 6.09. The highest BCUT2D eigenvalue weighted by Crippen LogP contribution is 2.28. The lowest BCUT2D eigenvalue weighted by Crippen LogP contribution is -2.30. The fraction of sp³-hybridized carbons (Fsp3) is 0.500. The number of ether oxygens (including phenoxy) is 1. The lowest BCUT2D eigenvalue weighted by atomic mass is 10.0. The van der Waals surface area contributed by atoms with Gasteiger partial charge in [0, 0.05) is 11.4 Å². The van der Waals surface area contributed by atoms with Crippen LogP contribution in [0.2, 0.25) is 10.0 Å². The molecular weight excluding hydrogens is 325 g/mol. The lowest BCUT2D eigenvalue weighted by Gasteiger charge is -2.15. The summed E-state index contributed by atoms with van der Waals surface area (Å²) in [5, 5.41) is 3.46. The highest BCUT2D eigenvalue weighted by Gasteiger charge is 2.23. The number of rotatable bonds is 5. The van der Waals surface area contributed by atoms with Gasteiger partial charge in [-0.1, -0.05) is 36.0 Å². The van der Waals surface area contributed by atoms with Gasteiger partial charge in [-0.15, -0.1) is 0 Å². The molecule has 22 heavy (non-hydrogen) atoms. The monoisotopic (exact) mass is 343 g/mol. The minimum Gasteiger partial charge on any atom is -0.453 e. The summed E-state index contributed by atoms with van der Waals surface area (Å²) in [6.07, 6.45) is 3.98. The second kappa shape index (κ2) is 7.84. The molecule has 1 N–H and O–H groups in total. The van der Waals surface area contributed by atoms with E-state index in [2.05, 4.69) is 5.32 Å². The van der Waals surface area contributed by atoms with Gasteiger partial charge in [0.2, 0.25) is 0 Å². The molecule has 0 aliphatic heterocycles. The second-order valence-corrected chi connectivity index (χ2v) is 6.44.